The molecule has 5 nitrogen and oxygen atoms in total. The van der Waals surface area contributed by atoms with E-state index in [2.05, 4.69) is 11.1 Å². The maximum atomic E-state index is 14.7. The normalized spacial score (nSPS) is 12.7. The summed E-state index contributed by atoms with van der Waals surface area (Å²) in [5.41, 5.74) is 4.85. The first-order chi connectivity index (χ1) is 16.5. The number of hydrogen-bond donors (Lipinski definition) is 0. The molecule has 2 aromatic carbocycles. The Morgan fingerprint density at radius 1 is 1.15 bits per heavy atom. The van der Waals surface area contributed by atoms with Crippen LogP contribution in [0.15, 0.2) is 48.7 Å². The molecule has 0 saturated heterocycles. The van der Waals surface area contributed by atoms with Gasteiger partial charge in [0, 0.05) is 33.8 Å². The van der Waals surface area contributed by atoms with Gasteiger partial charge in [0.05, 0.1) is 20.3 Å². The number of carbonyl (C=O) groups excluding carboxylic acids is 1. The lowest BCUT2D eigenvalue weighted by atomic mass is 9.97. The zero-order valence-electron chi connectivity index (χ0n) is 19.0. The molecule has 0 amide bonds. The lowest BCUT2D eigenvalue weighted by molar-refractivity contribution is 0.0516. The van der Waals surface area contributed by atoms with Gasteiger partial charge in [-0.3, -0.25) is 0 Å². The number of hydrogen-bond acceptors (Lipinski definition) is 4. The molecular weight excluding hydrogens is 438 g/mol. The first-order valence-electron chi connectivity index (χ1n) is 11.3. The quantitative estimate of drug-likeness (QED) is 0.345. The van der Waals surface area contributed by atoms with Crippen molar-refractivity contribution in [3.63, 3.8) is 0 Å². The van der Waals surface area contributed by atoms with Gasteiger partial charge in [-0.15, -0.1) is 0 Å². The topological polar surface area (TPSA) is 53.4 Å². The molecule has 0 atom stereocenters. The van der Waals surface area contributed by atoms with Gasteiger partial charge in [0.25, 0.3) is 0 Å². The number of pyridine rings is 1. The molecule has 2 aromatic heterocycles. The van der Waals surface area contributed by atoms with Crippen molar-refractivity contribution >= 4 is 16.9 Å². The second-order valence-electron chi connectivity index (χ2n) is 8.28. The lowest BCUT2D eigenvalue weighted by Gasteiger charge is -2.13. The molecular formula is C27H24F2N2O3. The number of carbonyl (C=O) groups is 1. The van der Waals surface area contributed by atoms with Crippen LogP contribution in [-0.4, -0.2) is 29.2 Å². The summed E-state index contributed by atoms with van der Waals surface area (Å²) in [4.78, 5) is 17.7. The van der Waals surface area contributed by atoms with Gasteiger partial charge in [0.15, 0.2) is 0 Å². The van der Waals surface area contributed by atoms with E-state index in [9.17, 15) is 13.6 Å². The van der Waals surface area contributed by atoms with Gasteiger partial charge in [0.2, 0.25) is 5.88 Å². The minimum atomic E-state index is -0.542. The fraction of sp³-hybridized carbons (Fsp3) is 0.259. The van der Waals surface area contributed by atoms with E-state index in [0.717, 1.165) is 53.9 Å². The zero-order chi connectivity index (χ0) is 23.8. The van der Waals surface area contributed by atoms with Crippen LogP contribution < -0.4 is 4.74 Å². The largest absolute Gasteiger partial charge is 0.481 e. The highest BCUT2D eigenvalue weighted by Crippen LogP contribution is 2.43. The number of fused-ring (bicyclic) bond motifs is 3. The van der Waals surface area contributed by atoms with Gasteiger partial charge in [-0.1, -0.05) is 6.07 Å². The van der Waals surface area contributed by atoms with Crippen molar-refractivity contribution < 1.29 is 23.0 Å². The van der Waals surface area contributed by atoms with E-state index in [1.807, 2.05) is 12.1 Å². The number of esters is 1. The predicted octanol–water partition coefficient (Wildman–Crippen LogP) is 5.70. The maximum Gasteiger partial charge on any atom is 0.355 e. The van der Waals surface area contributed by atoms with Crippen LogP contribution >= 0.6 is 0 Å². The van der Waals surface area contributed by atoms with Crippen molar-refractivity contribution in [3.8, 4) is 17.0 Å². The molecule has 0 aliphatic heterocycles. The van der Waals surface area contributed by atoms with E-state index in [4.69, 9.17) is 9.47 Å². The molecule has 0 fully saturated rings. The van der Waals surface area contributed by atoms with Crippen molar-refractivity contribution in [2.45, 2.75) is 32.7 Å². The number of aryl methyl sites for hydroxylation is 2. The first kappa shape index (κ1) is 22.1. The number of rotatable bonds is 6. The SMILES string of the molecule is CCOC(=O)c1c(-c2cccnc2OC)c2c3c(ccc2n1Cc1cc(F)ccc1F)CCC3. The van der Waals surface area contributed by atoms with E-state index in [1.165, 1.54) is 12.7 Å². The van der Waals surface area contributed by atoms with Crippen molar-refractivity contribution in [1.82, 2.24) is 9.55 Å². The molecule has 4 aromatic rings. The Morgan fingerprint density at radius 2 is 2.00 bits per heavy atom. The summed E-state index contributed by atoms with van der Waals surface area (Å²) < 4.78 is 41.4. The summed E-state index contributed by atoms with van der Waals surface area (Å²) in [6.07, 6.45) is 4.45. The Hall–Kier alpha value is -3.74. The summed E-state index contributed by atoms with van der Waals surface area (Å²) in [6, 6.07) is 11.0. The average Bonchev–Trinajstić information content (AvgIpc) is 3.44. The lowest BCUT2D eigenvalue weighted by Crippen LogP contribution is -2.15. The molecule has 7 heteroatoms. The van der Waals surface area contributed by atoms with E-state index in [0.29, 0.717) is 17.0 Å². The van der Waals surface area contributed by atoms with Gasteiger partial charge in [-0.25, -0.2) is 18.6 Å². The molecule has 34 heavy (non-hydrogen) atoms. The van der Waals surface area contributed by atoms with Crippen molar-refractivity contribution in [2.24, 2.45) is 0 Å². The van der Waals surface area contributed by atoms with Crippen molar-refractivity contribution in [2.75, 3.05) is 13.7 Å². The fourth-order valence-corrected chi connectivity index (χ4v) is 4.95. The monoisotopic (exact) mass is 462 g/mol. The highest BCUT2D eigenvalue weighted by molar-refractivity contribution is 6.11. The van der Waals surface area contributed by atoms with Crippen LogP contribution in [-0.2, 0) is 24.1 Å². The predicted molar refractivity (Wildman–Crippen MR) is 125 cm³/mol. The van der Waals surface area contributed by atoms with Crippen LogP contribution in [0, 0.1) is 11.6 Å². The van der Waals surface area contributed by atoms with E-state index in [-0.39, 0.29) is 24.4 Å². The number of ether oxygens (including phenoxy) is 2. The second-order valence-corrected chi connectivity index (χ2v) is 8.28. The summed E-state index contributed by atoms with van der Waals surface area (Å²) in [6.45, 7) is 1.88. The Balaban J connectivity index is 1.88. The highest BCUT2D eigenvalue weighted by atomic mass is 19.1. The van der Waals surface area contributed by atoms with Crippen LogP contribution in [0.2, 0.25) is 0 Å². The van der Waals surface area contributed by atoms with Gasteiger partial charge in [-0.2, -0.15) is 0 Å². The molecule has 1 aliphatic carbocycles. The molecule has 5 rings (SSSR count). The zero-order valence-corrected chi connectivity index (χ0v) is 19.0. The number of benzene rings is 2. The standard InChI is InChI=1S/C27H24F2N2O3/c1-3-34-27(32)25-24(20-8-5-13-30-26(20)33-2)23-19-7-4-6-16(19)9-12-22(23)31(25)15-17-14-18(28)10-11-21(17)29/h5,8-14H,3-4,6-7,15H2,1-2H3. The molecule has 0 radical (unpaired) electrons. The molecule has 0 spiro atoms. The summed E-state index contributed by atoms with van der Waals surface area (Å²) >= 11 is 0. The van der Waals surface area contributed by atoms with Crippen molar-refractivity contribution in [3.05, 3.63) is 82.7 Å². The number of halogens is 2. The third kappa shape index (κ3) is 3.61. The second kappa shape index (κ2) is 8.89. The Bertz CT molecular complexity index is 1410. The Labute approximate surface area is 195 Å². The fourth-order valence-electron chi connectivity index (χ4n) is 4.95. The van der Waals surface area contributed by atoms with Crippen LogP contribution in [0.3, 0.4) is 0 Å². The van der Waals surface area contributed by atoms with E-state index in [1.54, 1.807) is 23.8 Å². The van der Waals surface area contributed by atoms with Gasteiger partial charge < -0.3 is 14.0 Å². The third-order valence-corrected chi connectivity index (χ3v) is 6.35. The molecule has 0 saturated carbocycles. The minimum Gasteiger partial charge on any atom is -0.481 e. The number of aromatic nitrogens is 2. The van der Waals surface area contributed by atoms with Gasteiger partial charge in [0.1, 0.15) is 17.3 Å². The molecule has 1 aliphatic rings. The van der Waals surface area contributed by atoms with Gasteiger partial charge >= 0.3 is 5.97 Å². The third-order valence-electron chi connectivity index (χ3n) is 6.35. The summed E-state index contributed by atoms with van der Waals surface area (Å²) in [7, 11) is 1.53. The molecule has 0 bridgehead atoms. The van der Waals surface area contributed by atoms with Crippen LogP contribution in [0.1, 0.15) is 40.5 Å². The molecule has 2 heterocycles. The summed E-state index contributed by atoms with van der Waals surface area (Å²) in [5, 5.41) is 0.904. The van der Waals surface area contributed by atoms with Crippen molar-refractivity contribution in [1.29, 1.82) is 0 Å². The first-order valence-corrected chi connectivity index (χ1v) is 11.3. The molecule has 0 unspecified atom stereocenters. The molecule has 0 N–H and O–H groups in total. The number of nitrogens with zero attached hydrogens (tertiary/aromatic N) is 2. The van der Waals surface area contributed by atoms with E-state index < -0.39 is 17.6 Å². The van der Waals surface area contributed by atoms with Crippen LogP contribution in [0.5, 0.6) is 5.88 Å². The van der Waals surface area contributed by atoms with Gasteiger partial charge in [-0.05, 0) is 73.7 Å². The average molecular weight is 462 g/mol. The number of methoxy groups -OCH3 is 1. The highest BCUT2D eigenvalue weighted by Gasteiger charge is 2.30. The van der Waals surface area contributed by atoms with E-state index >= 15 is 0 Å². The smallest absolute Gasteiger partial charge is 0.355 e. The van der Waals surface area contributed by atoms with Crippen LogP contribution in [0.4, 0.5) is 8.78 Å². The maximum absolute atomic E-state index is 14.7. The Kier molecular flexibility index (Phi) is 5.77. The minimum absolute atomic E-state index is 0.0321. The summed E-state index contributed by atoms with van der Waals surface area (Å²) in [5.74, 6) is -1.25. The Morgan fingerprint density at radius 3 is 2.79 bits per heavy atom. The van der Waals surface area contributed by atoms with Crippen LogP contribution in [0.25, 0.3) is 22.0 Å². The molecule has 174 valence electrons.